The summed E-state index contributed by atoms with van der Waals surface area (Å²) >= 11 is 0. The Morgan fingerprint density at radius 1 is 1.33 bits per heavy atom. The van der Waals surface area contributed by atoms with E-state index >= 15 is 0 Å². The van der Waals surface area contributed by atoms with Gasteiger partial charge in [-0.25, -0.2) is 4.79 Å². The molecular formula is C16H27N3O2. The second kappa shape index (κ2) is 7.98. The number of carbonyl (C=O) groups is 1. The van der Waals surface area contributed by atoms with E-state index in [0.29, 0.717) is 0 Å². The summed E-state index contributed by atoms with van der Waals surface area (Å²) in [5.41, 5.74) is 0.556. The molecule has 0 fully saturated rings. The number of carbonyl (C=O) groups excluding carboxylic acids is 1. The number of alkyl carbamates (subject to hydrolysis) is 1. The molecule has 5 nitrogen and oxygen atoms in total. The molecule has 2 N–H and O–H groups in total. The number of hydrogen-bond acceptors (Lipinski definition) is 4. The first-order valence-corrected chi connectivity index (χ1v) is 7.42. The minimum absolute atomic E-state index is 0.0586. The molecule has 0 aliphatic carbocycles. The Kier molecular flexibility index (Phi) is 6.62. The van der Waals surface area contributed by atoms with Crippen LogP contribution >= 0.6 is 0 Å². The van der Waals surface area contributed by atoms with E-state index in [-0.39, 0.29) is 18.2 Å². The number of ether oxygens (including phenoxy) is 1. The van der Waals surface area contributed by atoms with Crippen molar-refractivity contribution in [1.29, 1.82) is 0 Å². The van der Waals surface area contributed by atoms with Crippen molar-refractivity contribution in [1.82, 2.24) is 15.6 Å². The maximum Gasteiger partial charge on any atom is 0.407 e. The quantitative estimate of drug-likeness (QED) is 0.846. The van der Waals surface area contributed by atoms with Crippen LogP contribution < -0.4 is 10.6 Å². The summed E-state index contributed by atoms with van der Waals surface area (Å²) in [6.07, 6.45) is 2.25. The molecule has 5 heteroatoms. The Morgan fingerprint density at radius 2 is 2.05 bits per heavy atom. The van der Waals surface area contributed by atoms with Gasteiger partial charge in [-0.05, 0) is 59.7 Å². The second-order valence-corrected chi connectivity index (χ2v) is 6.27. The minimum atomic E-state index is -0.463. The lowest BCUT2D eigenvalue weighted by molar-refractivity contribution is 0.0506. The van der Waals surface area contributed by atoms with Crippen LogP contribution in [-0.2, 0) is 4.74 Å². The van der Waals surface area contributed by atoms with Crippen LogP contribution in [0.1, 0.15) is 52.8 Å². The van der Waals surface area contributed by atoms with Gasteiger partial charge >= 0.3 is 6.09 Å². The number of hydrogen-bond donors (Lipinski definition) is 2. The number of rotatable bonds is 6. The van der Waals surface area contributed by atoms with Crippen LogP contribution in [-0.4, -0.2) is 29.3 Å². The van der Waals surface area contributed by atoms with Gasteiger partial charge in [0.25, 0.3) is 0 Å². The molecule has 2 unspecified atom stereocenters. The number of aromatic nitrogens is 1. The van der Waals surface area contributed by atoms with E-state index in [4.69, 9.17) is 4.74 Å². The predicted octanol–water partition coefficient (Wildman–Crippen LogP) is 3.04. The molecule has 0 saturated carbocycles. The minimum Gasteiger partial charge on any atom is -0.444 e. The van der Waals surface area contributed by atoms with Gasteiger partial charge in [0.1, 0.15) is 5.60 Å². The molecule has 1 rings (SSSR count). The van der Waals surface area contributed by atoms with Crippen LogP contribution in [0.3, 0.4) is 0 Å². The second-order valence-electron chi connectivity index (χ2n) is 6.27. The van der Waals surface area contributed by atoms with Gasteiger partial charge in [-0.2, -0.15) is 0 Å². The molecule has 1 amide bonds. The molecule has 118 valence electrons. The van der Waals surface area contributed by atoms with Crippen molar-refractivity contribution >= 4 is 6.09 Å². The fraction of sp³-hybridized carbons (Fsp3) is 0.625. The standard InChI is InChI=1S/C16H27N3O2/c1-12(19-15(20)21-16(3,4)5)9-11-17-13(2)14-8-6-7-10-18-14/h6-8,10,12-13,17H,9,11H2,1-5H3,(H,19,20). The lowest BCUT2D eigenvalue weighted by atomic mass is 10.2. The predicted molar refractivity (Wildman–Crippen MR) is 84.1 cm³/mol. The molecule has 21 heavy (non-hydrogen) atoms. The third kappa shape index (κ3) is 7.66. The molecule has 0 bridgehead atoms. The van der Waals surface area contributed by atoms with Gasteiger partial charge in [-0.1, -0.05) is 6.07 Å². The molecule has 0 spiro atoms. The van der Waals surface area contributed by atoms with Crippen molar-refractivity contribution in [3.8, 4) is 0 Å². The zero-order valence-corrected chi connectivity index (χ0v) is 13.6. The normalized spacial score (nSPS) is 14.3. The van der Waals surface area contributed by atoms with E-state index < -0.39 is 5.60 Å². The van der Waals surface area contributed by atoms with Gasteiger partial charge < -0.3 is 15.4 Å². The molecule has 0 aromatic carbocycles. The lowest BCUT2D eigenvalue weighted by Crippen LogP contribution is -2.39. The fourth-order valence-corrected chi connectivity index (χ4v) is 1.83. The van der Waals surface area contributed by atoms with Crippen molar-refractivity contribution < 1.29 is 9.53 Å². The van der Waals surface area contributed by atoms with Crippen molar-refractivity contribution in [3.05, 3.63) is 30.1 Å². The topological polar surface area (TPSA) is 63.2 Å². The van der Waals surface area contributed by atoms with Crippen LogP contribution in [0, 0.1) is 0 Å². The van der Waals surface area contributed by atoms with E-state index in [0.717, 1.165) is 18.7 Å². The van der Waals surface area contributed by atoms with E-state index in [1.54, 1.807) is 6.20 Å². The average Bonchev–Trinajstić information content (AvgIpc) is 2.37. The maximum absolute atomic E-state index is 11.6. The number of amides is 1. The molecule has 1 aromatic rings. The Bertz CT molecular complexity index is 429. The van der Waals surface area contributed by atoms with E-state index in [9.17, 15) is 4.79 Å². The Hall–Kier alpha value is -1.62. The van der Waals surface area contributed by atoms with Crippen LogP contribution in [0.25, 0.3) is 0 Å². The highest BCUT2D eigenvalue weighted by Crippen LogP contribution is 2.09. The molecule has 0 saturated heterocycles. The van der Waals surface area contributed by atoms with Gasteiger partial charge in [0.05, 0.1) is 5.69 Å². The van der Waals surface area contributed by atoms with Gasteiger partial charge in [0.15, 0.2) is 0 Å². The Morgan fingerprint density at radius 3 is 2.62 bits per heavy atom. The maximum atomic E-state index is 11.6. The first-order valence-electron chi connectivity index (χ1n) is 7.42. The fourth-order valence-electron chi connectivity index (χ4n) is 1.83. The van der Waals surface area contributed by atoms with Crippen LogP contribution in [0.5, 0.6) is 0 Å². The van der Waals surface area contributed by atoms with E-state index in [1.807, 2.05) is 45.9 Å². The van der Waals surface area contributed by atoms with Crippen molar-refractivity contribution in [2.24, 2.45) is 0 Å². The highest BCUT2D eigenvalue weighted by atomic mass is 16.6. The van der Waals surface area contributed by atoms with Crippen molar-refractivity contribution in [2.75, 3.05) is 6.54 Å². The van der Waals surface area contributed by atoms with Crippen LogP contribution in [0.4, 0.5) is 4.79 Å². The Balaban J connectivity index is 2.24. The smallest absolute Gasteiger partial charge is 0.407 e. The van der Waals surface area contributed by atoms with Gasteiger partial charge in [-0.3, -0.25) is 4.98 Å². The Labute approximate surface area is 127 Å². The molecule has 0 aliphatic rings. The summed E-state index contributed by atoms with van der Waals surface area (Å²) in [5, 5.41) is 6.23. The zero-order valence-electron chi connectivity index (χ0n) is 13.6. The number of nitrogens with one attached hydrogen (secondary N) is 2. The molecular weight excluding hydrogens is 266 g/mol. The molecule has 0 aliphatic heterocycles. The monoisotopic (exact) mass is 293 g/mol. The molecule has 0 radical (unpaired) electrons. The molecule has 1 heterocycles. The van der Waals surface area contributed by atoms with Gasteiger partial charge in [0.2, 0.25) is 0 Å². The number of pyridine rings is 1. The first kappa shape index (κ1) is 17.4. The lowest BCUT2D eigenvalue weighted by Gasteiger charge is -2.22. The molecule has 1 aromatic heterocycles. The van der Waals surface area contributed by atoms with E-state index in [1.165, 1.54) is 0 Å². The van der Waals surface area contributed by atoms with Crippen LogP contribution in [0.2, 0.25) is 0 Å². The number of nitrogens with zero attached hydrogens (tertiary/aromatic N) is 1. The molecule has 2 atom stereocenters. The third-order valence-electron chi connectivity index (χ3n) is 2.92. The highest BCUT2D eigenvalue weighted by Gasteiger charge is 2.17. The van der Waals surface area contributed by atoms with Crippen molar-refractivity contribution in [2.45, 2.75) is 58.7 Å². The summed E-state index contributed by atoms with van der Waals surface area (Å²) in [7, 11) is 0. The average molecular weight is 293 g/mol. The first-order chi connectivity index (χ1) is 9.78. The summed E-state index contributed by atoms with van der Waals surface area (Å²) < 4.78 is 5.22. The SMILES string of the molecule is CC(CCNC(C)c1ccccn1)NC(=O)OC(C)(C)C. The highest BCUT2D eigenvalue weighted by molar-refractivity contribution is 5.67. The summed E-state index contributed by atoms with van der Waals surface area (Å²) in [6.45, 7) is 10.4. The zero-order chi connectivity index (χ0) is 15.9. The summed E-state index contributed by atoms with van der Waals surface area (Å²) in [5.74, 6) is 0. The van der Waals surface area contributed by atoms with Gasteiger partial charge in [-0.15, -0.1) is 0 Å². The summed E-state index contributed by atoms with van der Waals surface area (Å²) in [6, 6.07) is 6.14. The summed E-state index contributed by atoms with van der Waals surface area (Å²) in [4.78, 5) is 15.9. The largest absolute Gasteiger partial charge is 0.444 e. The van der Waals surface area contributed by atoms with Crippen LogP contribution in [0.15, 0.2) is 24.4 Å². The van der Waals surface area contributed by atoms with E-state index in [2.05, 4.69) is 22.5 Å². The van der Waals surface area contributed by atoms with Crippen molar-refractivity contribution in [3.63, 3.8) is 0 Å². The third-order valence-corrected chi connectivity index (χ3v) is 2.92. The van der Waals surface area contributed by atoms with Gasteiger partial charge in [0, 0.05) is 18.3 Å².